The number of hydrogen-bond acceptors (Lipinski definition) is 4. The van der Waals surface area contributed by atoms with Crippen LogP contribution in [0.3, 0.4) is 0 Å². The summed E-state index contributed by atoms with van der Waals surface area (Å²) in [7, 11) is 3.41. The van der Waals surface area contributed by atoms with E-state index in [1.165, 1.54) is 5.56 Å². The van der Waals surface area contributed by atoms with Gasteiger partial charge in [-0.2, -0.15) is 11.8 Å². The van der Waals surface area contributed by atoms with E-state index in [0.29, 0.717) is 0 Å². The number of hydrogen-bond donors (Lipinski definition) is 2. The van der Waals surface area contributed by atoms with Crippen LogP contribution in [-0.2, 0) is 12.8 Å². The third-order valence-electron chi connectivity index (χ3n) is 4.34. The molecule has 2 N–H and O–H groups in total. The molecule has 0 aliphatic heterocycles. The molecule has 2 heterocycles. The van der Waals surface area contributed by atoms with E-state index in [4.69, 9.17) is 9.72 Å². The number of thioether (sulfide) groups is 1. The summed E-state index contributed by atoms with van der Waals surface area (Å²) in [6.45, 7) is 0. The minimum Gasteiger partial charge on any atom is -0.496 e. The lowest BCUT2D eigenvalue weighted by molar-refractivity contribution is 0.416. The molecule has 0 aliphatic rings. The molecule has 4 aromatic rings. The van der Waals surface area contributed by atoms with Gasteiger partial charge in [0.05, 0.1) is 34.7 Å². The highest BCUT2D eigenvalue weighted by atomic mass is 32.2. The van der Waals surface area contributed by atoms with Crippen LogP contribution in [0.1, 0.15) is 5.56 Å². The summed E-state index contributed by atoms with van der Waals surface area (Å²) in [4.78, 5) is 22.6. The summed E-state index contributed by atoms with van der Waals surface area (Å²) in [6.07, 6.45) is 2.08. The lowest BCUT2D eigenvalue weighted by atomic mass is 10.1. The zero-order valence-electron chi connectivity index (χ0n) is 14.2. The van der Waals surface area contributed by atoms with E-state index in [1.54, 1.807) is 30.5 Å². The van der Waals surface area contributed by atoms with Crippen molar-refractivity contribution in [1.82, 2.24) is 19.5 Å². The fraction of sp³-hybridized carbons (Fsp3) is 0.222. The number of nitrogens with zero attached hydrogens (tertiary/aromatic N) is 2. The lowest BCUT2D eigenvalue weighted by Crippen LogP contribution is -2.11. The maximum Gasteiger partial charge on any atom is 0.326 e. The largest absolute Gasteiger partial charge is 0.496 e. The Bertz CT molecular complexity index is 1140. The molecule has 0 saturated carbocycles. The van der Waals surface area contributed by atoms with Crippen LogP contribution in [-0.4, -0.2) is 32.9 Å². The second-order valence-electron chi connectivity index (χ2n) is 5.93. The molecule has 0 fully saturated rings. The Morgan fingerprint density at radius 3 is 2.80 bits per heavy atom. The van der Waals surface area contributed by atoms with Gasteiger partial charge in [-0.15, -0.1) is 0 Å². The number of aromatic amines is 2. The number of aryl methyl sites for hydroxylation is 1. The number of rotatable bonds is 4. The Kier molecular flexibility index (Phi) is 3.80. The summed E-state index contributed by atoms with van der Waals surface area (Å²) in [5.41, 5.74) is 5.31. The van der Waals surface area contributed by atoms with Crippen LogP contribution in [0.2, 0.25) is 0 Å². The molecule has 0 atom stereocenters. The van der Waals surface area contributed by atoms with E-state index in [9.17, 15) is 4.79 Å². The second-order valence-corrected chi connectivity index (χ2v) is 6.79. The van der Waals surface area contributed by atoms with Crippen molar-refractivity contribution in [2.24, 2.45) is 7.05 Å². The first kappa shape index (κ1) is 15.8. The van der Waals surface area contributed by atoms with E-state index in [2.05, 4.69) is 22.3 Å². The van der Waals surface area contributed by atoms with Gasteiger partial charge in [-0.05, 0) is 36.1 Å². The number of methoxy groups -OCH3 is 1. The maximum absolute atomic E-state index is 11.8. The molecule has 6 nitrogen and oxygen atoms in total. The van der Waals surface area contributed by atoms with Gasteiger partial charge in [0.15, 0.2) is 0 Å². The quantitative estimate of drug-likeness (QED) is 0.590. The predicted octanol–water partition coefficient (Wildman–Crippen LogP) is 3.28. The minimum absolute atomic E-state index is 0.131. The van der Waals surface area contributed by atoms with Gasteiger partial charge >= 0.3 is 5.69 Å². The Balaban J connectivity index is 1.87. The van der Waals surface area contributed by atoms with Crippen molar-refractivity contribution in [3.8, 4) is 17.1 Å². The van der Waals surface area contributed by atoms with Gasteiger partial charge in [0.2, 0.25) is 0 Å². The Morgan fingerprint density at radius 2 is 2.04 bits per heavy atom. The van der Waals surface area contributed by atoms with Crippen LogP contribution < -0.4 is 10.4 Å². The van der Waals surface area contributed by atoms with Crippen molar-refractivity contribution in [3.05, 3.63) is 46.4 Å². The summed E-state index contributed by atoms with van der Waals surface area (Å²) < 4.78 is 7.14. The average molecular weight is 354 g/mol. The number of benzene rings is 2. The highest BCUT2D eigenvalue weighted by Gasteiger charge is 2.13. The van der Waals surface area contributed by atoms with E-state index in [-0.39, 0.29) is 5.69 Å². The molecule has 2 aromatic heterocycles. The summed E-state index contributed by atoms with van der Waals surface area (Å²) in [5, 5.41) is 0. The lowest BCUT2D eigenvalue weighted by Gasteiger charge is -2.08. The molecule has 0 amide bonds. The molecule has 0 saturated heterocycles. The Hall–Kier alpha value is -2.67. The monoisotopic (exact) mass is 354 g/mol. The van der Waals surface area contributed by atoms with Gasteiger partial charge in [-0.3, -0.25) is 4.57 Å². The van der Waals surface area contributed by atoms with Crippen LogP contribution in [0.15, 0.2) is 35.1 Å². The van der Waals surface area contributed by atoms with Gasteiger partial charge in [-0.1, -0.05) is 6.07 Å². The van der Waals surface area contributed by atoms with Gasteiger partial charge in [0.25, 0.3) is 0 Å². The highest BCUT2D eigenvalue weighted by Crippen LogP contribution is 2.32. The Morgan fingerprint density at radius 1 is 1.20 bits per heavy atom. The molecule has 128 valence electrons. The smallest absolute Gasteiger partial charge is 0.326 e. The fourth-order valence-electron chi connectivity index (χ4n) is 3.05. The number of fused-ring (bicyclic) bond motifs is 2. The first-order valence-corrected chi connectivity index (χ1v) is 9.25. The van der Waals surface area contributed by atoms with Crippen molar-refractivity contribution in [1.29, 1.82) is 0 Å². The number of ether oxygens (including phenoxy) is 1. The van der Waals surface area contributed by atoms with Gasteiger partial charge in [0, 0.05) is 12.8 Å². The van der Waals surface area contributed by atoms with E-state index >= 15 is 0 Å². The maximum atomic E-state index is 11.8. The molecular formula is C18H18N4O2S. The van der Waals surface area contributed by atoms with Crippen molar-refractivity contribution in [3.63, 3.8) is 0 Å². The zero-order valence-corrected chi connectivity index (χ0v) is 15.0. The number of H-pyrrole nitrogens is 2. The van der Waals surface area contributed by atoms with Crippen molar-refractivity contribution < 1.29 is 4.74 Å². The SMILES string of the molecule is COc1cc(CSC)ccc1-c1nc2cc3c(cc2[nH]1)[nH]c(=O)n3C. The van der Waals surface area contributed by atoms with E-state index in [0.717, 1.165) is 45.0 Å². The first-order chi connectivity index (χ1) is 12.1. The molecule has 7 heteroatoms. The van der Waals surface area contributed by atoms with E-state index < -0.39 is 0 Å². The summed E-state index contributed by atoms with van der Waals surface area (Å²) in [6, 6.07) is 10.0. The summed E-state index contributed by atoms with van der Waals surface area (Å²) >= 11 is 1.77. The van der Waals surface area contributed by atoms with Crippen LogP contribution in [0.4, 0.5) is 0 Å². The molecule has 0 bridgehead atoms. The molecule has 0 aliphatic carbocycles. The standard InChI is InChI=1S/C18H18N4O2S/c1-22-15-8-13-12(7-14(15)21-18(22)23)19-17(20-13)11-5-4-10(9-25-3)6-16(11)24-2/h4-8H,9H2,1-3H3,(H,19,20)(H,21,23). The summed E-state index contributed by atoms with van der Waals surface area (Å²) in [5.74, 6) is 2.49. The topological polar surface area (TPSA) is 75.7 Å². The Labute approximate surface area is 148 Å². The molecule has 25 heavy (non-hydrogen) atoms. The normalized spacial score (nSPS) is 11.5. The number of aromatic nitrogens is 4. The predicted molar refractivity (Wildman–Crippen MR) is 102 cm³/mol. The molecular weight excluding hydrogens is 336 g/mol. The first-order valence-electron chi connectivity index (χ1n) is 7.85. The average Bonchev–Trinajstić information content (AvgIpc) is 3.14. The van der Waals surface area contributed by atoms with Crippen LogP contribution >= 0.6 is 11.8 Å². The highest BCUT2D eigenvalue weighted by molar-refractivity contribution is 7.97. The molecule has 4 rings (SSSR count). The third kappa shape index (κ3) is 2.60. The van der Waals surface area contributed by atoms with Crippen LogP contribution in [0.25, 0.3) is 33.5 Å². The third-order valence-corrected chi connectivity index (χ3v) is 4.96. The molecule has 0 unspecified atom stereocenters. The van der Waals surface area contributed by atoms with Gasteiger partial charge in [-0.25, -0.2) is 9.78 Å². The fourth-order valence-corrected chi connectivity index (χ4v) is 3.56. The zero-order chi connectivity index (χ0) is 17.6. The molecule has 0 spiro atoms. The van der Waals surface area contributed by atoms with Crippen molar-refractivity contribution in [2.45, 2.75) is 5.75 Å². The van der Waals surface area contributed by atoms with Crippen LogP contribution in [0, 0.1) is 0 Å². The minimum atomic E-state index is -0.131. The second kappa shape index (κ2) is 6.00. The van der Waals surface area contributed by atoms with Crippen molar-refractivity contribution in [2.75, 3.05) is 13.4 Å². The molecule has 0 radical (unpaired) electrons. The molecule has 2 aromatic carbocycles. The van der Waals surface area contributed by atoms with Crippen molar-refractivity contribution >= 4 is 33.8 Å². The number of nitrogens with one attached hydrogen (secondary N) is 2. The van der Waals surface area contributed by atoms with Crippen LogP contribution in [0.5, 0.6) is 5.75 Å². The number of imidazole rings is 2. The van der Waals surface area contributed by atoms with E-state index in [1.807, 2.05) is 24.3 Å². The van der Waals surface area contributed by atoms with Gasteiger partial charge < -0.3 is 14.7 Å². The van der Waals surface area contributed by atoms with Gasteiger partial charge in [0.1, 0.15) is 11.6 Å².